The third-order valence-electron chi connectivity index (χ3n) is 3.87. The minimum absolute atomic E-state index is 0.233. The summed E-state index contributed by atoms with van der Waals surface area (Å²) in [6.07, 6.45) is 0. The molecular weight excluding hydrogens is 286 g/mol. The average molecular weight is 297 g/mol. The summed E-state index contributed by atoms with van der Waals surface area (Å²) in [5.74, 6) is 0.233. The molecule has 0 atom stereocenters. The van der Waals surface area contributed by atoms with Crippen molar-refractivity contribution in [2.24, 2.45) is 14.1 Å². The summed E-state index contributed by atoms with van der Waals surface area (Å²) >= 11 is 0. The van der Waals surface area contributed by atoms with Crippen molar-refractivity contribution in [3.8, 4) is 0 Å². The molecule has 3 aromatic heterocycles. The van der Waals surface area contributed by atoms with Gasteiger partial charge in [-0.2, -0.15) is 4.98 Å². The Morgan fingerprint density at radius 1 is 1.05 bits per heavy atom. The molecule has 0 spiro atoms. The van der Waals surface area contributed by atoms with E-state index >= 15 is 0 Å². The van der Waals surface area contributed by atoms with Crippen molar-refractivity contribution >= 4 is 27.8 Å². The molecule has 0 saturated heterocycles. The first-order chi connectivity index (χ1) is 10.5. The number of para-hydroxylation sites is 1. The first-order valence-corrected chi connectivity index (χ1v) is 6.60. The van der Waals surface area contributed by atoms with E-state index in [0.29, 0.717) is 10.9 Å². The van der Waals surface area contributed by atoms with Crippen LogP contribution in [-0.2, 0) is 14.1 Å². The molecular formula is C14H11N5O3. The summed E-state index contributed by atoms with van der Waals surface area (Å²) in [7, 11) is 2.95. The minimum Gasteiger partial charge on any atom is -0.291 e. The van der Waals surface area contributed by atoms with Gasteiger partial charge in [0.2, 0.25) is 5.78 Å². The first kappa shape index (κ1) is 12.6. The van der Waals surface area contributed by atoms with E-state index in [1.165, 1.54) is 18.7 Å². The molecule has 1 aromatic carbocycles. The van der Waals surface area contributed by atoms with Gasteiger partial charge in [0.15, 0.2) is 11.2 Å². The third kappa shape index (κ3) is 1.36. The van der Waals surface area contributed by atoms with Gasteiger partial charge in [-0.25, -0.2) is 4.79 Å². The molecule has 0 aliphatic carbocycles. The van der Waals surface area contributed by atoms with E-state index in [4.69, 9.17) is 0 Å². The van der Waals surface area contributed by atoms with Crippen molar-refractivity contribution in [2.75, 3.05) is 0 Å². The Balaban J connectivity index is 2.49. The van der Waals surface area contributed by atoms with Crippen LogP contribution in [-0.4, -0.2) is 23.5 Å². The van der Waals surface area contributed by atoms with Gasteiger partial charge in [0.05, 0.1) is 10.9 Å². The zero-order valence-electron chi connectivity index (χ0n) is 11.8. The quantitative estimate of drug-likeness (QED) is 0.483. The molecule has 0 amide bonds. The highest BCUT2D eigenvalue weighted by atomic mass is 16.2. The van der Waals surface area contributed by atoms with E-state index in [0.717, 1.165) is 4.57 Å². The van der Waals surface area contributed by atoms with Crippen molar-refractivity contribution < 1.29 is 0 Å². The second-order valence-corrected chi connectivity index (χ2v) is 5.12. The van der Waals surface area contributed by atoms with Gasteiger partial charge in [0, 0.05) is 14.1 Å². The molecule has 3 heterocycles. The molecule has 4 rings (SSSR count). The number of benzene rings is 1. The van der Waals surface area contributed by atoms with Crippen LogP contribution >= 0.6 is 0 Å². The summed E-state index contributed by atoms with van der Waals surface area (Å²) in [4.78, 5) is 43.5. The van der Waals surface area contributed by atoms with Crippen LogP contribution in [0.3, 0.4) is 0 Å². The topological polar surface area (TPSA) is 94.2 Å². The fraction of sp³-hybridized carbons (Fsp3) is 0.143. The second-order valence-electron chi connectivity index (χ2n) is 5.12. The van der Waals surface area contributed by atoms with Gasteiger partial charge >= 0.3 is 5.69 Å². The Labute approximate surface area is 121 Å². The SMILES string of the molecule is Cn1c(=O)c2c(nc3[nH]c(=O)c4ccccc4n32)n(C)c1=O. The summed E-state index contributed by atoms with van der Waals surface area (Å²) in [5, 5.41) is 0.449. The van der Waals surface area contributed by atoms with E-state index in [1.807, 2.05) is 0 Å². The van der Waals surface area contributed by atoms with Crippen LogP contribution in [0.25, 0.3) is 27.8 Å². The lowest BCUT2D eigenvalue weighted by Crippen LogP contribution is -2.37. The molecule has 8 nitrogen and oxygen atoms in total. The standard InChI is InChI=1S/C14H11N5O3/c1-17-10-9(12(21)18(2)14(17)22)19-8-6-4-3-5-7(8)11(20)16-13(19)15-10/h3-6H,1-2H3,(H,15,16,20). The second kappa shape index (κ2) is 3.94. The summed E-state index contributed by atoms with van der Waals surface area (Å²) in [6, 6.07) is 6.94. The van der Waals surface area contributed by atoms with Gasteiger partial charge in [-0.15, -0.1) is 0 Å². The van der Waals surface area contributed by atoms with Gasteiger partial charge < -0.3 is 0 Å². The Bertz CT molecular complexity index is 1260. The Morgan fingerprint density at radius 3 is 2.55 bits per heavy atom. The summed E-state index contributed by atoms with van der Waals surface area (Å²) in [6.45, 7) is 0. The molecule has 8 heteroatoms. The van der Waals surface area contributed by atoms with E-state index < -0.39 is 11.2 Å². The maximum atomic E-state index is 12.5. The lowest BCUT2D eigenvalue weighted by Gasteiger charge is -2.04. The van der Waals surface area contributed by atoms with E-state index in [1.54, 1.807) is 28.7 Å². The van der Waals surface area contributed by atoms with Gasteiger partial charge in [0.1, 0.15) is 0 Å². The monoisotopic (exact) mass is 297 g/mol. The van der Waals surface area contributed by atoms with Gasteiger partial charge in [-0.1, -0.05) is 12.1 Å². The van der Waals surface area contributed by atoms with Crippen LogP contribution in [0.5, 0.6) is 0 Å². The number of imidazole rings is 1. The lowest BCUT2D eigenvalue weighted by atomic mass is 10.2. The molecule has 0 aliphatic rings. The van der Waals surface area contributed by atoms with Crippen LogP contribution in [0.2, 0.25) is 0 Å². The number of aromatic nitrogens is 5. The molecule has 0 unspecified atom stereocenters. The molecule has 22 heavy (non-hydrogen) atoms. The molecule has 4 aromatic rings. The predicted octanol–water partition coefficient (Wildman–Crippen LogP) is -0.274. The Kier molecular flexibility index (Phi) is 2.25. The molecule has 110 valence electrons. The largest absolute Gasteiger partial charge is 0.332 e. The summed E-state index contributed by atoms with van der Waals surface area (Å²) in [5.41, 5.74) is -0.151. The maximum absolute atomic E-state index is 12.5. The molecule has 0 aliphatic heterocycles. The van der Waals surface area contributed by atoms with Crippen molar-refractivity contribution in [1.82, 2.24) is 23.5 Å². The Morgan fingerprint density at radius 2 is 1.77 bits per heavy atom. The zero-order chi connectivity index (χ0) is 15.6. The molecule has 1 N–H and O–H groups in total. The number of nitrogens with zero attached hydrogens (tertiary/aromatic N) is 4. The molecule has 0 radical (unpaired) electrons. The Hall–Kier alpha value is -3.16. The van der Waals surface area contributed by atoms with Crippen LogP contribution in [0, 0.1) is 0 Å². The fourth-order valence-electron chi connectivity index (χ4n) is 2.74. The number of aromatic amines is 1. The van der Waals surface area contributed by atoms with Crippen molar-refractivity contribution in [3.05, 3.63) is 55.5 Å². The number of H-pyrrole nitrogens is 1. The average Bonchev–Trinajstić information content (AvgIpc) is 2.90. The normalized spacial score (nSPS) is 11.7. The number of rotatable bonds is 0. The number of nitrogens with one attached hydrogen (secondary N) is 1. The van der Waals surface area contributed by atoms with Crippen molar-refractivity contribution in [1.29, 1.82) is 0 Å². The van der Waals surface area contributed by atoms with E-state index in [9.17, 15) is 14.4 Å². The van der Waals surface area contributed by atoms with Gasteiger partial charge in [-0.3, -0.25) is 28.1 Å². The minimum atomic E-state index is -0.465. The smallest absolute Gasteiger partial charge is 0.291 e. The number of fused-ring (bicyclic) bond motifs is 5. The van der Waals surface area contributed by atoms with Crippen LogP contribution < -0.4 is 16.8 Å². The number of hydrogen-bond acceptors (Lipinski definition) is 4. The molecule has 0 fully saturated rings. The van der Waals surface area contributed by atoms with Crippen LogP contribution in [0.4, 0.5) is 0 Å². The molecule has 0 bridgehead atoms. The fourth-order valence-corrected chi connectivity index (χ4v) is 2.74. The zero-order valence-corrected chi connectivity index (χ0v) is 11.8. The third-order valence-corrected chi connectivity index (χ3v) is 3.87. The van der Waals surface area contributed by atoms with Gasteiger partial charge in [-0.05, 0) is 12.1 Å². The van der Waals surface area contributed by atoms with Crippen molar-refractivity contribution in [3.63, 3.8) is 0 Å². The first-order valence-electron chi connectivity index (χ1n) is 6.60. The highest BCUT2D eigenvalue weighted by Crippen LogP contribution is 2.16. The summed E-state index contributed by atoms with van der Waals surface area (Å²) < 4.78 is 3.89. The lowest BCUT2D eigenvalue weighted by molar-refractivity contribution is 0.708. The van der Waals surface area contributed by atoms with Crippen molar-refractivity contribution in [2.45, 2.75) is 0 Å². The molecule has 0 saturated carbocycles. The predicted molar refractivity (Wildman–Crippen MR) is 81.3 cm³/mol. The van der Waals surface area contributed by atoms with Crippen LogP contribution in [0.1, 0.15) is 0 Å². The maximum Gasteiger partial charge on any atom is 0.332 e. The van der Waals surface area contributed by atoms with Gasteiger partial charge in [0.25, 0.3) is 11.1 Å². The van der Waals surface area contributed by atoms with E-state index in [-0.39, 0.29) is 22.5 Å². The highest BCUT2D eigenvalue weighted by Gasteiger charge is 2.17. The van der Waals surface area contributed by atoms with Crippen LogP contribution in [0.15, 0.2) is 38.6 Å². The number of hydrogen-bond donors (Lipinski definition) is 1. The highest BCUT2D eigenvalue weighted by molar-refractivity contribution is 5.87. The van der Waals surface area contributed by atoms with E-state index in [2.05, 4.69) is 9.97 Å². The number of aryl methyl sites for hydroxylation is 1.